The Kier molecular flexibility index (Phi) is 7.69. The lowest BCUT2D eigenvalue weighted by Gasteiger charge is -2.24. The van der Waals surface area contributed by atoms with Crippen LogP contribution < -0.4 is 5.32 Å². The summed E-state index contributed by atoms with van der Waals surface area (Å²) < 4.78 is 15.9. The zero-order valence-corrected chi connectivity index (χ0v) is 13.9. The molecule has 0 aliphatic carbocycles. The Bertz CT molecular complexity index is 567. The molecule has 0 aliphatic rings. The standard InChI is InChI=1S/C9H16N10O3Si/c1-20-23(21-2,22-3)6-4-5-12-7-13-8(16-18-10)15-9(14-7)17-19-11/h4-6H2,1-3H3,(H,12,13,14,15). The van der Waals surface area contributed by atoms with Crippen LogP contribution in [0.25, 0.3) is 20.9 Å². The van der Waals surface area contributed by atoms with Gasteiger partial charge in [-0.1, -0.05) is 0 Å². The van der Waals surface area contributed by atoms with Crippen molar-refractivity contribution in [2.24, 2.45) is 10.2 Å². The first-order valence-electron chi connectivity index (χ1n) is 6.38. The molecule has 0 aromatic carbocycles. The van der Waals surface area contributed by atoms with Crippen molar-refractivity contribution in [3.63, 3.8) is 0 Å². The van der Waals surface area contributed by atoms with Crippen LogP contribution in [0, 0.1) is 0 Å². The summed E-state index contributed by atoms with van der Waals surface area (Å²) in [5.41, 5.74) is 16.8. The minimum Gasteiger partial charge on any atom is -0.377 e. The lowest BCUT2D eigenvalue weighted by molar-refractivity contribution is 0.123. The normalized spacial score (nSPS) is 10.6. The van der Waals surface area contributed by atoms with Gasteiger partial charge in [0.1, 0.15) is 0 Å². The van der Waals surface area contributed by atoms with E-state index in [2.05, 4.69) is 40.3 Å². The number of anilines is 1. The first-order chi connectivity index (χ1) is 11.1. The molecule has 0 fully saturated rings. The topological polar surface area (TPSA) is 176 Å². The Morgan fingerprint density at radius 3 is 1.96 bits per heavy atom. The van der Waals surface area contributed by atoms with Gasteiger partial charge in [-0.25, -0.2) is 4.98 Å². The molecule has 1 N–H and O–H groups in total. The van der Waals surface area contributed by atoms with Crippen molar-refractivity contribution < 1.29 is 13.3 Å². The summed E-state index contributed by atoms with van der Waals surface area (Å²) >= 11 is 0. The van der Waals surface area contributed by atoms with Gasteiger partial charge < -0.3 is 18.6 Å². The molecule has 0 radical (unpaired) electrons. The second kappa shape index (κ2) is 9.53. The lowest BCUT2D eigenvalue weighted by atomic mass is 10.5. The van der Waals surface area contributed by atoms with E-state index in [1.165, 1.54) is 21.3 Å². The third-order valence-corrected chi connectivity index (χ3v) is 5.59. The highest BCUT2D eigenvalue weighted by molar-refractivity contribution is 6.60. The van der Waals surface area contributed by atoms with Crippen molar-refractivity contribution in [3.05, 3.63) is 20.9 Å². The zero-order valence-electron chi connectivity index (χ0n) is 12.9. The first-order valence-corrected chi connectivity index (χ1v) is 8.31. The smallest absolute Gasteiger partial charge is 0.377 e. The minimum absolute atomic E-state index is 0.129. The molecule has 1 rings (SSSR count). The summed E-state index contributed by atoms with van der Waals surface area (Å²) in [6.07, 6.45) is 0.654. The van der Waals surface area contributed by atoms with Crippen molar-refractivity contribution in [2.75, 3.05) is 33.2 Å². The summed E-state index contributed by atoms with van der Waals surface area (Å²) in [5.74, 6) is -0.257. The third-order valence-electron chi connectivity index (χ3n) is 2.76. The molecule has 0 bridgehead atoms. The molecule has 13 nitrogen and oxygen atoms in total. The maximum atomic E-state index is 8.41. The lowest BCUT2D eigenvalue weighted by Crippen LogP contribution is -2.42. The summed E-state index contributed by atoms with van der Waals surface area (Å²) in [4.78, 5) is 16.6. The number of rotatable bonds is 10. The summed E-state index contributed by atoms with van der Waals surface area (Å²) in [7, 11) is 1.99. The molecular formula is C9H16N10O3Si. The van der Waals surface area contributed by atoms with Crippen LogP contribution in [0.1, 0.15) is 6.42 Å². The molecular weight excluding hydrogens is 324 g/mol. The van der Waals surface area contributed by atoms with Crippen LogP contribution in [0.5, 0.6) is 0 Å². The van der Waals surface area contributed by atoms with Crippen molar-refractivity contribution in [1.29, 1.82) is 0 Å². The van der Waals surface area contributed by atoms with Gasteiger partial charge in [-0.2, -0.15) is 9.97 Å². The highest BCUT2D eigenvalue weighted by Gasteiger charge is 2.36. The van der Waals surface area contributed by atoms with Gasteiger partial charge in [0.15, 0.2) is 0 Å². The van der Waals surface area contributed by atoms with Crippen LogP contribution in [-0.4, -0.2) is 51.6 Å². The average molecular weight is 340 g/mol. The van der Waals surface area contributed by atoms with Gasteiger partial charge in [0, 0.05) is 43.7 Å². The molecule has 1 aromatic heterocycles. The van der Waals surface area contributed by atoms with Crippen molar-refractivity contribution in [2.45, 2.75) is 12.5 Å². The van der Waals surface area contributed by atoms with Crippen molar-refractivity contribution >= 4 is 26.6 Å². The largest absolute Gasteiger partial charge is 0.500 e. The number of nitrogens with one attached hydrogen (secondary N) is 1. The van der Waals surface area contributed by atoms with Gasteiger partial charge in [0.25, 0.3) is 0 Å². The second-order valence-electron chi connectivity index (χ2n) is 3.96. The molecule has 124 valence electrons. The van der Waals surface area contributed by atoms with Crippen LogP contribution in [-0.2, 0) is 13.3 Å². The maximum Gasteiger partial charge on any atom is 0.500 e. The molecule has 23 heavy (non-hydrogen) atoms. The molecule has 1 aromatic rings. The second-order valence-corrected chi connectivity index (χ2v) is 7.05. The van der Waals surface area contributed by atoms with Crippen LogP contribution in [0.15, 0.2) is 10.2 Å². The number of aromatic nitrogens is 3. The van der Waals surface area contributed by atoms with E-state index in [9.17, 15) is 0 Å². The Morgan fingerprint density at radius 1 is 1.00 bits per heavy atom. The van der Waals surface area contributed by atoms with Gasteiger partial charge in [0.2, 0.25) is 17.8 Å². The van der Waals surface area contributed by atoms with E-state index in [-0.39, 0.29) is 17.8 Å². The summed E-state index contributed by atoms with van der Waals surface area (Å²) in [5, 5.41) is 9.43. The van der Waals surface area contributed by atoms with Crippen molar-refractivity contribution in [3.8, 4) is 0 Å². The number of hydrogen-bond acceptors (Lipinski definition) is 9. The first kappa shape index (κ1) is 18.6. The third kappa shape index (κ3) is 5.67. The molecule has 0 spiro atoms. The fourth-order valence-electron chi connectivity index (χ4n) is 1.66. The predicted octanol–water partition coefficient (Wildman–Crippen LogP) is 2.44. The van der Waals surface area contributed by atoms with E-state index < -0.39 is 8.80 Å². The Balaban J connectivity index is 2.70. The molecule has 0 amide bonds. The van der Waals surface area contributed by atoms with E-state index >= 15 is 0 Å². The van der Waals surface area contributed by atoms with Gasteiger partial charge >= 0.3 is 8.80 Å². The predicted molar refractivity (Wildman–Crippen MR) is 82.1 cm³/mol. The summed E-state index contributed by atoms with van der Waals surface area (Å²) in [6.45, 7) is 0.472. The minimum atomic E-state index is -2.63. The van der Waals surface area contributed by atoms with Crippen LogP contribution in [0.3, 0.4) is 0 Å². The Labute approximate surface area is 132 Å². The number of hydrogen-bond donors (Lipinski definition) is 1. The van der Waals surface area contributed by atoms with E-state index in [4.69, 9.17) is 24.3 Å². The van der Waals surface area contributed by atoms with Gasteiger partial charge in [-0.15, -0.1) is 0 Å². The molecule has 0 unspecified atom stereocenters. The fraction of sp³-hybridized carbons (Fsp3) is 0.667. The molecule has 0 aliphatic heterocycles. The average Bonchev–Trinajstić information content (AvgIpc) is 2.56. The Morgan fingerprint density at radius 2 is 1.52 bits per heavy atom. The molecule has 0 atom stereocenters. The highest BCUT2D eigenvalue weighted by atomic mass is 28.4. The SMILES string of the molecule is CO[Si](CCCNc1nc(N=[N+]=[N-])nc(N=[N+]=[N-])n1)(OC)OC. The van der Waals surface area contributed by atoms with E-state index in [0.29, 0.717) is 19.0 Å². The van der Waals surface area contributed by atoms with Gasteiger partial charge in [0.05, 0.1) is 0 Å². The Hall–Kier alpha value is -2.47. The summed E-state index contributed by atoms with van der Waals surface area (Å²) in [6, 6.07) is 0.584. The molecule has 0 saturated heterocycles. The van der Waals surface area contributed by atoms with E-state index in [1.807, 2.05) is 0 Å². The van der Waals surface area contributed by atoms with Crippen LogP contribution in [0.4, 0.5) is 17.8 Å². The van der Waals surface area contributed by atoms with Crippen LogP contribution >= 0.6 is 0 Å². The van der Waals surface area contributed by atoms with Crippen molar-refractivity contribution in [1.82, 2.24) is 15.0 Å². The quantitative estimate of drug-likeness (QED) is 0.223. The molecule has 14 heteroatoms. The highest BCUT2D eigenvalue weighted by Crippen LogP contribution is 2.17. The van der Waals surface area contributed by atoms with Gasteiger partial charge in [-0.05, 0) is 27.7 Å². The van der Waals surface area contributed by atoms with E-state index in [0.717, 1.165) is 0 Å². The van der Waals surface area contributed by atoms with E-state index in [1.54, 1.807) is 0 Å². The monoisotopic (exact) mass is 340 g/mol. The fourth-order valence-corrected chi connectivity index (χ4v) is 3.39. The molecule has 0 saturated carbocycles. The number of azide groups is 2. The van der Waals surface area contributed by atoms with Crippen LogP contribution in [0.2, 0.25) is 6.04 Å². The maximum absolute atomic E-state index is 8.41. The molecule has 1 heterocycles. The van der Waals surface area contributed by atoms with Gasteiger partial charge in [-0.3, -0.25) is 0 Å². The number of nitrogens with zero attached hydrogens (tertiary/aromatic N) is 9. The zero-order chi connectivity index (χ0) is 17.1.